The van der Waals surface area contributed by atoms with Gasteiger partial charge in [0.15, 0.2) is 0 Å². The lowest BCUT2D eigenvalue weighted by atomic mass is 10.1. The van der Waals surface area contributed by atoms with Crippen LogP contribution in [0.15, 0.2) is 18.2 Å². The van der Waals surface area contributed by atoms with Crippen molar-refractivity contribution >= 4 is 0 Å². The van der Waals surface area contributed by atoms with Gasteiger partial charge in [0.25, 0.3) is 0 Å². The van der Waals surface area contributed by atoms with Crippen LogP contribution in [0.5, 0.6) is 0 Å². The van der Waals surface area contributed by atoms with Crippen molar-refractivity contribution in [3.8, 4) is 5.69 Å². The van der Waals surface area contributed by atoms with Gasteiger partial charge in [0.1, 0.15) is 5.82 Å². The third-order valence-electron chi connectivity index (χ3n) is 4.04. The maximum Gasteiger partial charge on any atom is 0.113 e. The maximum absolute atomic E-state index is 4.89. The van der Waals surface area contributed by atoms with Gasteiger partial charge in [-0.25, -0.2) is 4.98 Å². The summed E-state index contributed by atoms with van der Waals surface area (Å²) in [5, 5.41) is 3.43. The minimum atomic E-state index is 0.907. The summed E-state index contributed by atoms with van der Waals surface area (Å²) >= 11 is 0. The Morgan fingerprint density at radius 2 is 2.15 bits per heavy atom. The molecule has 2 heterocycles. The van der Waals surface area contributed by atoms with E-state index in [0.29, 0.717) is 0 Å². The van der Waals surface area contributed by atoms with Gasteiger partial charge in [-0.15, -0.1) is 0 Å². The van der Waals surface area contributed by atoms with E-state index in [1.165, 1.54) is 34.0 Å². The number of nitrogens with zero attached hydrogens (tertiary/aromatic N) is 2. The van der Waals surface area contributed by atoms with Crippen LogP contribution in [0.1, 0.15) is 41.7 Å². The number of aromatic nitrogens is 2. The zero-order chi connectivity index (χ0) is 14.1. The molecule has 1 N–H and O–H groups in total. The van der Waals surface area contributed by atoms with Crippen LogP contribution >= 0.6 is 0 Å². The highest BCUT2D eigenvalue weighted by Gasteiger charge is 2.21. The molecule has 0 aliphatic carbocycles. The lowest BCUT2D eigenvalue weighted by Gasteiger charge is -2.18. The Kier molecular flexibility index (Phi) is 3.62. The fourth-order valence-electron chi connectivity index (χ4n) is 3.00. The molecule has 3 heteroatoms. The predicted octanol–water partition coefficient (Wildman–Crippen LogP) is 3.09. The minimum absolute atomic E-state index is 0.907. The average molecular weight is 269 g/mol. The monoisotopic (exact) mass is 269 g/mol. The number of hydrogen-bond acceptors (Lipinski definition) is 2. The highest BCUT2D eigenvalue weighted by molar-refractivity contribution is 5.46. The molecule has 0 saturated heterocycles. The Hall–Kier alpha value is -1.61. The van der Waals surface area contributed by atoms with E-state index >= 15 is 0 Å². The minimum Gasteiger partial charge on any atom is -0.311 e. The van der Waals surface area contributed by atoms with E-state index in [1.54, 1.807) is 0 Å². The number of nitrogens with one attached hydrogen (secondary N) is 1. The van der Waals surface area contributed by atoms with Crippen molar-refractivity contribution in [2.45, 2.75) is 46.6 Å². The van der Waals surface area contributed by atoms with Crippen molar-refractivity contribution in [2.24, 2.45) is 0 Å². The second-order valence-electron chi connectivity index (χ2n) is 5.72. The molecule has 3 rings (SSSR count). The van der Waals surface area contributed by atoms with Crippen LogP contribution in [0.25, 0.3) is 5.69 Å². The van der Waals surface area contributed by atoms with Gasteiger partial charge in [0, 0.05) is 31.6 Å². The Morgan fingerprint density at radius 3 is 2.95 bits per heavy atom. The average Bonchev–Trinajstić information content (AvgIpc) is 2.80. The van der Waals surface area contributed by atoms with Gasteiger partial charge in [0.05, 0.1) is 11.4 Å². The molecule has 0 fully saturated rings. The molecule has 1 aromatic heterocycles. The van der Waals surface area contributed by atoms with Gasteiger partial charge >= 0.3 is 0 Å². The van der Waals surface area contributed by atoms with Gasteiger partial charge in [0.2, 0.25) is 0 Å². The molecule has 1 aliphatic heterocycles. The van der Waals surface area contributed by atoms with Gasteiger partial charge in [-0.1, -0.05) is 19.1 Å². The Labute approximate surface area is 121 Å². The third kappa shape index (κ3) is 2.27. The van der Waals surface area contributed by atoms with Crippen molar-refractivity contribution < 1.29 is 0 Å². The number of fused-ring (bicyclic) bond motifs is 1. The fourth-order valence-corrected chi connectivity index (χ4v) is 3.00. The summed E-state index contributed by atoms with van der Waals surface area (Å²) in [6.07, 6.45) is 3.24. The van der Waals surface area contributed by atoms with E-state index in [0.717, 1.165) is 32.4 Å². The van der Waals surface area contributed by atoms with E-state index in [2.05, 4.69) is 48.9 Å². The lowest BCUT2D eigenvalue weighted by Crippen LogP contribution is -2.25. The summed E-state index contributed by atoms with van der Waals surface area (Å²) in [5.41, 5.74) is 6.58. The number of benzene rings is 1. The summed E-state index contributed by atoms with van der Waals surface area (Å²) in [6, 6.07) is 6.69. The fraction of sp³-hybridized carbons (Fsp3) is 0.471. The summed E-state index contributed by atoms with van der Waals surface area (Å²) in [7, 11) is 0. The van der Waals surface area contributed by atoms with Crippen LogP contribution in [0.3, 0.4) is 0 Å². The SMILES string of the molecule is CCCc1nc2c(n1-c1cc(C)ccc1C)CCNC2. The van der Waals surface area contributed by atoms with Crippen LogP contribution in [0.2, 0.25) is 0 Å². The second-order valence-corrected chi connectivity index (χ2v) is 5.72. The molecule has 106 valence electrons. The first-order valence-corrected chi connectivity index (χ1v) is 7.58. The second kappa shape index (κ2) is 5.41. The molecule has 0 spiro atoms. The van der Waals surface area contributed by atoms with Gasteiger partial charge in [-0.05, 0) is 37.5 Å². The first-order valence-electron chi connectivity index (χ1n) is 7.58. The number of imidazole rings is 1. The van der Waals surface area contributed by atoms with Crippen LogP contribution in [0, 0.1) is 13.8 Å². The number of aryl methyl sites for hydroxylation is 3. The molecular weight excluding hydrogens is 246 g/mol. The van der Waals surface area contributed by atoms with Crippen molar-refractivity contribution in [3.63, 3.8) is 0 Å². The number of hydrogen-bond donors (Lipinski definition) is 1. The maximum atomic E-state index is 4.89. The Morgan fingerprint density at radius 1 is 1.30 bits per heavy atom. The van der Waals surface area contributed by atoms with E-state index in [9.17, 15) is 0 Å². The van der Waals surface area contributed by atoms with E-state index < -0.39 is 0 Å². The molecule has 0 atom stereocenters. The summed E-state index contributed by atoms with van der Waals surface area (Å²) in [5.74, 6) is 1.22. The summed E-state index contributed by atoms with van der Waals surface area (Å²) in [6.45, 7) is 8.53. The van der Waals surface area contributed by atoms with E-state index in [1.807, 2.05) is 0 Å². The molecule has 3 nitrogen and oxygen atoms in total. The van der Waals surface area contributed by atoms with E-state index in [-0.39, 0.29) is 0 Å². The van der Waals surface area contributed by atoms with Crippen LogP contribution in [0.4, 0.5) is 0 Å². The van der Waals surface area contributed by atoms with Crippen LogP contribution in [-0.2, 0) is 19.4 Å². The zero-order valence-electron chi connectivity index (χ0n) is 12.7. The lowest BCUT2D eigenvalue weighted by molar-refractivity contribution is 0.619. The summed E-state index contributed by atoms with van der Waals surface area (Å²) < 4.78 is 2.42. The van der Waals surface area contributed by atoms with Crippen LogP contribution < -0.4 is 5.32 Å². The molecule has 20 heavy (non-hydrogen) atoms. The smallest absolute Gasteiger partial charge is 0.113 e. The van der Waals surface area contributed by atoms with Gasteiger partial charge in [-0.3, -0.25) is 0 Å². The topological polar surface area (TPSA) is 29.9 Å². The molecule has 0 amide bonds. The molecular formula is C17H23N3. The van der Waals surface area contributed by atoms with E-state index in [4.69, 9.17) is 4.98 Å². The first kappa shape index (κ1) is 13.4. The molecule has 0 bridgehead atoms. The quantitative estimate of drug-likeness (QED) is 0.928. The Bertz CT molecular complexity index is 625. The van der Waals surface area contributed by atoms with Crippen molar-refractivity contribution in [1.29, 1.82) is 0 Å². The van der Waals surface area contributed by atoms with Crippen molar-refractivity contribution in [3.05, 3.63) is 46.5 Å². The molecule has 1 aliphatic rings. The first-order chi connectivity index (χ1) is 9.70. The standard InChI is InChI=1S/C17H23N3/c1-4-5-17-19-14-11-18-9-8-15(14)20(17)16-10-12(2)6-7-13(16)3/h6-7,10,18H,4-5,8-9,11H2,1-3H3. The Balaban J connectivity index is 2.20. The largest absolute Gasteiger partial charge is 0.311 e. The normalized spacial score (nSPS) is 14.3. The van der Waals surface area contributed by atoms with Crippen molar-refractivity contribution in [1.82, 2.24) is 14.9 Å². The highest BCUT2D eigenvalue weighted by atomic mass is 15.1. The molecule has 0 unspecified atom stereocenters. The molecule has 1 aromatic carbocycles. The zero-order valence-corrected chi connectivity index (χ0v) is 12.7. The van der Waals surface area contributed by atoms with Gasteiger partial charge in [-0.2, -0.15) is 0 Å². The van der Waals surface area contributed by atoms with Gasteiger partial charge < -0.3 is 9.88 Å². The predicted molar refractivity (Wildman–Crippen MR) is 82.4 cm³/mol. The van der Waals surface area contributed by atoms with Crippen molar-refractivity contribution in [2.75, 3.05) is 6.54 Å². The molecule has 0 saturated carbocycles. The number of rotatable bonds is 3. The molecule has 2 aromatic rings. The third-order valence-corrected chi connectivity index (χ3v) is 4.04. The highest BCUT2D eigenvalue weighted by Crippen LogP contribution is 2.25. The molecule has 0 radical (unpaired) electrons. The summed E-state index contributed by atoms with van der Waals surface area (Å²) in [4.78, 5) is 4.89. The van der Waals surface area contributed by atoms with Crippen LogP contribution in [-0.4, -0.2) is 16.1 Å².